The number of hydrogen-bond acceptors (Lipinski definition) is 11. The normalized spacial score (nSPS) is 16.6. The number of anilines is 4. The first-order valence-corrected chi connectivity index (χ1v) is 15.1. The Kier molecular flexibility index (Phi) is 7.71. The number of aliphatic hydroxyl groups excluding tert-OH is 1. The van der Waals surface area contributed by atoms with Gasteiger partial charge < -0.3 is 20.0 Å². The quantitative estimate of drug-likeness (QED) is 0.327. The summed E-state index contributed by atoms with van der Waals surface area (Å²) in [6.45, 7) is 4.23. The fourth-order valence-electron chi connectivity index (χ4n) is 4.95. The number of benzene rings is 1. The second kappa shape index (κ2) is 11.0. The summed E-state index contributed by atoms with van der Waals surface area (Å²) in [5, 5.41) is 28.3. The van der Waals surface area contributed by atoms with E-state index in [1.54, 1.807) is 19.1 Å². The fourth-order valence-corrected chi connectivity index (χ4v) is 6.27. The lowest BCUT2D eigenvalue weighted by Crippen LogP contribution is -2.37. The van der Waals surface area contributed by atoms with Crippen LogP contribution >= 0.6 is 11.3 Å². The molecule has 5 rings (SSSR count). The predicted molar refractivity (Wildman–Crippen MR) is 148 cm³/mol. The average molecular weight is 574 g/mol. The van der Waals surface area contributed by atoms with Crippen LogP contribution in [0.3, 0.4) is 0 Å². The van der Waals surface area contributed by atoms with Crippen LogP contribution < -0.4 is 20.3 Å². The van der Waals surface area contributed by atoms with E-state index in [-0.39, 0.29) is 15.9 Å². The van der Waals surface area contributed by atoms with Gasteiger partial charge in [-0.1, -0.05) is 23.5 Å². The zero-order valence-corrected chi connectivity index (χ0v) is 23.1. The maximum Gasteiger partial charge on any atom is 0.347 e. The van der Waals surface area contributed by atoms with Crippen molar-refractivity contribution >= 4 is 50.0 Å². The van der Waals surface area contributed by atoms with Crippen LogP contribution in [0.2, 0.25) is 0 Å². The third kappa shape index (κ3) is 6.13. The summed E-state index contributed by atoms with van der Waals surface area (Å²) >= 11 is 1.03. The number of carboxylic acids is 1. The first kappa shape index (κ1) is 27.2. The molecule has 1 saturated heterocycles. The first-order chi connectivity index (χ1) is 18.6. The van der Waals surface area contributed by atoms with Crippen molar-refractivity contribution in [3.63, 3.8) is 0 Å². The largest absolute Gasteiger partial charge is 0.477 e. The Labute approximate surface area is 230 Å². The van der Waals surface area contributed by atoms with Gasteiger partial charge in [-0.3, -0.25) is 5.32 Å². The van der Waals surface area contributed by atoms with Crippen LogP contribution in [0, 0.1) is 6.92 Å². The van der Waals surface area contributed by atoms with Crippen LogP contribution in [-0.2, 0) is 23.0 Å². The van der Waals surface area contributed by atoms with Crippen LogP contribution in [0.15, 0.2) is 29.2 Å². The smallest absolute Gasteiger partial charge is 0.347 e. The average Bonchev–Trinajstić information content (AvgIpc) is 3.14. The zero-order chi connectivity index (χ0) is 27.7. The van der Waals surface area contributed by atoms with Gasteiger partial charge in [-0.15, -0.1) is 0 Å². The Balaban J connectivity index is 1.53. The van der Waals surface area contributed by atoms with Gasteiger partial charge in [-0.25, -0.2) is 23.3 Å². The summed E-state index contributed by atoms with van der Waals surface area (Å²) in [6, 6.07) is 6.52. The van der Waals surface area contributed by atoms with Gasteiger partial charge in [0.25, 0.3) is 0 Å². The topological polar surface area (TPSA) is 175 Å². The van der Waals surface area contributed by atoms with Crippen LogP contribution in [-0.4, -0.2) is 65.3 Å². The Morgan fingerprint density at radius 2 is 1.79 bits per heavy atom. The monoisotopic (exact) mass is 573 g/mol. The third-order valence-corrected chi connectivity index (χ3v) is 8.96. The van der Waals surface area contributed by atoms with Crippen LogP contribution in [0.4, 0.5) is 22.7 Å². The molecule has 3 aromatic rings. The number of piperidine rings is 1. The number of hydrogen-bond donors (Lipinski definition) is 4. The van der Waals surface area contributed by atoms with Crippen LogP contribution in [0.25, 0.3) is 0 Å². The molecule has 1 fully saturated rings. The van der Waals surface area contributed by atoms with E-state index in [0.717, 1.165) is 59.9 Å². The molecule has 2 aliphatic heterocycles. The minimum atomic E-state index is -3.78. The number of nitrogens with one attached hydrogen (secondary N) is 1. The van der Waals surface area contributed by atoms with Gasteiger partial charge in [0.05, 0.1) is 16.7 Å². The number of carbonyl (C=O) groups is 1. The van der Waals surface area contributed by atoms with Crippen LogP contribution in [0.5, 0.6) is 0 Å². The lowest BCUT2D eigenvalue weighted by atomic mass is 10.1. The maximum absolute atomic E-state index is 11.7. The number of nitrogens with two attached hydrogens (primary N) is 1. The van der Waals surface area contributed by atoms with E-state index < -0.39 is 16.0 Å². The zero-order valence-electron chi connectivity index (χ0n) is 21.5. The molecule has 0 amide bonds. The SMILES string of the molecule is Cc1nc(Nc2nc(N3CCC(O)CC3)c3c(n2)N(Cc2ccc(S(N)(=O)=O)cc2)CCCC3)sc1C(=O)O. The number of thiazole rings is 1. The maximum atomic E-state index is 11.7. The van der Waals surface area contributed by atoms with E-state index in [9.17, 15) is 23.4 Å². The summed E-state index contributed by atoms with van der Waals surface area (Å²) < 4.78 is 23.4. The van der Waals surface area contributed by atoms with E-state index in [4.69, 9.17) is 15.1 Å². The van der Waals surface area contributed by atoms with Gasteiger partial charge in [-0.05, 0) is 56.7 Å². The molecule has 0 radical (unpaired) electrons. The molecule has 0 spiro atoms. The molecule has 208 valence electrons. The Morgan fingerprint density at radius 3 is 2.44 bits per heavy atom. The number of aliphatic hydroxyl groups is 1. The molecule has 39 heavy (non-hydrogen) atoms. The highest BCUT2D eigenvalue weighted by atomic mass is 32.2. The van der Waals surface area contributed by atoms with E-state index in [1.165, 1.54) is 12.1 Å². The van der Waals surface area contributed by atoms with Gasteiger partial charge >= 0.3 is 5.97 Å². The van der Waals surface area contributed by atoms with Gasteiger partial charge in [0.1, 0.15) is 16.5 Å². The number of fused-ring (bicyclic) bond motifs is 1. The highest BCUT2D eigenvalue weighted by Crippen LogP contribution is 2.36. The molecule has 12 nitrogen and oxygen atoms in total. The molecule has 0 aliphatic carbocycles. The van der Waals surface area contributed by atoms with Gasteiger partial charge in [0, 0.05) is 31.7 Å². The summed E-state index contributed by atoms with van der Waals surface area (Å²) in [7, 11) is -3.78. The number of carboxylic acid groups (broad SMARTS) is 1. The second-order valence-electron chi connectivity index (χ2n) is 9.82. The van der Waals surface area contributed by atoms with E-state index in [1.807, 2.05) is 0 Å². The van der Waals surface area contributed by atoms with Crippen molar-refractivity contribution in [3.05, 3.63) is 46.0 Å². The lowest BCUT2D eigenvalue weighted by molar-refractivity contribution is 0.0701. The second-order valence-corrected chi connectivity index (χ2v) is 12.4. The Hall–Kier alpha value is -3.33. The molecule has 1 aromatic carbocycles. The lowest BCUT2D eigenvalue weighted by Gasteiger charge is -2.33. The molecule has 0 bridgehead atoms. The number of primary sulfonamides is 1. The number of aromatic nitrogens is 3. The summed E-state index contributed by atoms with van der Waals surface area (Å²) in [5.74, 6) is 0.858. The van der Waals surface area contributed by atoms with E-state index in [2.05, 4.69) is 20.1 Å². The van der Waals surface area contributed by atoms with Gasteiger partial charge in [0.15, 0.2) is 5.13 Å². The van der Waals surface area contributed by atoms with Crippen molar-refractivity contribution in [3.8, 4) is 0 Å². The fraction of sp³-hybridized carbons (Fsp3) is 0.440. The molecule has 0 atom stereocenters. The third-order valence-electron chi connectivity index (χ3n) is 6.97. The van der Waals surface area contributed by atoms with Crippen molar-refractivity contribution in [1.29, 1.82) is 0 Å². The Bertz CT molecular complexity index is 1470. The summed E-state index contributed by atoms with van der Waals surface area (Å²) in [5.41, 5.74) is 2.35. The molecular formula is C25H31N7O5S2. The molecule has 5 N–H and O–H groups in total. The van der Waals surface area contributed by atoms with Crippen molar-refractivity contribution in [2.45, 2.75) is 56.6 Å². The number of nitrogens with zero attached hydrogens (tertiary/aromatic N) is 5. The predicted octanol–water partition coefficient (Wildman–Crippen LogP) is 2.63. The van der Waals surface area contributed by atoms with Crippen molar-refractivity contribution in [2.24, 2.45) is 5.14 Å². The number of rotatable bonds is 7. The van der Waals surface area contributed by atoms with E-state index >= 15 is 0 Å². The van der Waals surface area contributed by atoms with Crippen molar-refractivity contribution < 1.29 is 23.4 Å². The minimum Gasteiger partial charge on any atom is -0.477 e. The summed E-state index contributed by atoms with van der Waals surface area (Å²) in [6.07, 6.45) is 3.67. The van der Waals surface area contributed by atoms with Gasteiger partial charge in [0.2, 0.25) is 16.0 Å². The molecule has 0 saturated carbocycles. The van der Waals surface area contributed by atoms with E-state index in [0.29, 0.717) is 49.2 Å². The molecule has 0 unspecified atom stereocenters. The number of sulfonamides is 1. The minimum absolute atomic E-state index is 0.0605. The highest BCUT2D eigenvalue weighted by molar-refractivity contribution is 7.89. The standard InChI is InChI=1S/C25H31N7O5S2/c1-15-20(23(34)35)38-25(27-15)30-24-28-21(31-12-9-17(33)10-13-31)19-4-2-3-11-32(22(19)29-24)14-16-5-7-18(8-6-16)39(26,36)37/h5-8,17,33H,2-4,9-14H2,1H3,(H,34,35)(H2,26,36,37)(H,27,28,29,30). The molecule has 4 heterocycles. The molecular weight excluding hydrogens is 542 g/mol. The number of aromatic carboxylic acids is 1. The number of aryl methyl sites for hydroxylation is 1. The molecule has 2 aromatic heterocycles. The van der Waals surface area contributed by atoms with Crippen molar-refractivity contribution in [1.82, 2.24) is 15.0 Å². The molecule has 2 aliphatic rings. The van der Waals surface area contributed by atoms with Crippen LogP contribution in [0.1, 0.15) is 52.2 Å². The molecule has 14 heteroatoms. The Morgan fingerprint density at radius 1 is 1.10 bits per heavy atom. The first-order valence-electron chi connectivity index (χ1n) is 12.8. The van der Waals surface area contributed by atoms with Gasteiger partial charge in [-0.2, -0.15) is 9.97 Å². The highest BCUT2D eigenvalue weighted by Gasteiger charge is 2.28. The summed E-state index contributed by atoms with van der Waals surface area (Å²) in [4.78, 5) is 30.2. The van der Waals surface area contributed by atoms with Crippen molar-refractivity contribution in [2.75, 3.05) is 34.8 Å².